The molecule has 8 heteroatoms. The molecule has 4 aromatic rings. The first kappa shape index (κ1) is 20.3. The molecule has 0 unspecified atom stereocenters. The largest absolute Gasteiger partial charge is 0.497 e. The smallest absolute Gasteiger partial charge is 0.298 e. The number of amides is 1. The van der Waals surface area contributed by atoms with Crippen molar-refractivity contribution in [2.45, 2.75) is 13.5 Å². The highest BCUT2D eigenvalue weighted by Gasteiger charge is 2.23. The molecule has 1 amide bonds. The van der Waals surface area contributed by atoms with E-state index >= 15 is 0 Å². The van der Waals surface area contributed by atoms with Gasteiger partial charge in [0.05, 0.1) is 13.7 Å². The number of rotatable bonds is 6. The van der Waals surface area contributed by atoms with Gasteiger partial charge in [0, 0.05) is 37.4 Å². The fraction of sp³-hybridized carbons (Fsp3) is 0.217. The maximum atomic E-state index is 13.5. The molecule has 0 saturated carbocycles. The Labute approximate surface area is 180 Å². The highest BCUT2D eigenvalue weighted by atomic mass is 16.5. The third kappa shape index (κ3) is 4.18. The van der Waals surface area contributed by atoms with Crippen LogP contribution in [-0.2, 0) is 6.54 Å². The fourth-order valence-corrected chi connectivity index (χ4v) is 3.24. The Morgan fingerprint density at radius 3 is 2.29 bits per heavy atom. The highest BCUT2D eigenvalue weighted by Crippen LogP contribution is 2.24. The molecule has 2 aromatic carbocycles. The van der Waals surface area contributed by atoms with Crippen molar-refractivity contribution in [1.29, 1.82) is 0 Å². The molecule has 0 aliphatic carbocycles. The van der Waals surface area contributed by atoms with E-state index in [9.17, 15) is 4.79 Å². The summed E-state index contributed by atoms with van der Waals surface area (Å²) in [5.74, 6) is 0.916. The Morgan fingerprint density at radius 2 is 1.68 bits per heavy atom. The number of hydrogen-bond donors (Lipinski definition) is 0. The first-order valence-electron chi connectivity index (χ1n) is 9.87. The third-order valence-electron chi connectivity index (χ3n) is 5.04. The van der Waals surface area contributed by atoms with Crippen LogP contribution in [0.3, 0.4) is 0 Å². The highest BCUT2D eigenvalue weighted by molar-refractivity contribution is 6.03. The van der Waals surface area contributed by atoms with Gasteiger partial charge >= 0.3 is 0 Å². The molecule has 158 valence electrons. The summed E-state index contributed by atoms with van der Waals surface area (Å²) in [5.41, 5.74) is 3.67. The molecule has 0 N–H and O–H groups in total. The van der Waals surface area contributed by atoms with E-state index in [1.807, 2.05) is 80.5 Å². The quantitative estimate of drug-likeness (QED) is 0.480. The fourth-order valence-electron chi connectivity index (χ4n) is 3.24. The minimum Gasteiger partial charge on any atom is -0.497 e. The van der Waals surface area contributed by atoms with Crippen molar-refractivity contribution in [2.24, 2.45) is 0 Å². The van der Waals surface area contributed by atoms with Crippen LogP contribution < -0.4 is 14.5 Å². The summed E-state index contributed by atoms with van der Waals surface area (Å²) in [6.45, 7) is 2.27. The van der Waals surface area contributed by atoms with Crippen LogP contribution in [0, 0.1) is 6.92 Å². The first-order valence-corrected chi connectivity index (χ1v) is 9.87. The van der Waals surface area contributed by atoms with Crippen molar-refractivity contribution < 1.29 is 9.53 Å². The molecule has 0 spiro atoms. The van der Waals surface area contributed by atoms with Gasteiger partial charge in [0.25, 0.3) is 11.7 Å². The second-order valence-corrected chi connectivity index (χ2v) is 7.38. The number of anilines is 2. The monoisotopic (exact) mass is 416 g/mol. The zero-order valence-corrected chi connectivity index (χ0v) is 18.0. The van der Waals surface area contributed by atoms with E-state index in [1.165, 1.54) is 0 Å². The Bertz CT molecular complexity index is 1200. The normalized spacial score (nSPS) is 10.8. The van der Waals surface area contributed by atoms with Gasteiger partial charge in [-0.1, -0.05) is 12.1 Å². The van der Waals surface area contributed by atoms with Gasteiger partial charge in [0.15, 0.2) is 0 Å². The number of hydrogen-bond acceptors (Lipinski definition) is 6. The molecule has 0 bridgehead atoms. The van der Waals surface area contributed by atoms with Crippen LogP contribution in [0.25, 0.3) is 5.78 Å². The molecule has 0 aliphatic heterocycles. The van der Waals surface area contributed by atoms with Crippen LogP contribution in [0.5, 0.6) is 5.75 Å². The molecule has 2 heterocycles. The van der Waals surface area contributed by atoms with Crippen molar-refractivity contribution in [1.82, 2.24) is 19.6 Å². The van der Waals surface area contributed by atoms with E-state index in [4.69, 9.17) is 4.74 Å². The van der Waals surface area contributed by atoms with Crippen LogP contribution in [0.15, 0.2) is 60.8 Å². The van der Waals surface area contributed by atoms with Gasteiger partial charge in [0.1, 0.15) is 5.75 Å². The Balaban J connectivity index is 1.71. The van der Waals surface area contributed by atoms with Crippen LogP contribution in [0.4, 0.5) is 11.4 Å². The first-order chi connectivity index (χ1) is 15.0. The van der Waals surface area contributed by atoms with Crippen molar-refractivity contribution in [3.63, 3.8) is 0 Å². The summed E-state index contributed by atoms with van der Waals surface area (Å²) >= 11 is 0. The van der Waals surface area contributed by atoms with E-state index in [0.717, 1.165) is 28.4 Å². The number of carbonyl (C=O) groups is 1. The molecule has 4 rings (SSSR count). The number of fused-ring (bicyclic) bond motifs is 1. The summed E-state index contributed by atoms with van der Waals surface area (Å²) in [5, 5.41) is 4.39. The van der Waals surface area contributed by atoms with Crippen molar-refractivity contribution in [3.8, 4) is 5.75 Å². The SMILES string of the molecule is COc1ccc(N(Cc2ccc(N(C)C)cc2)C(=O)c2nc3nccc(C)n3n2)cc1. The maximum absolute atomic E-state index is 13.5. The number of aromatic nitrogens is 4. The van der Waals surface area contributed by atoms with Crippen molar-refractivity contribution >= 4 is 23.1 Å². The summed E-state index contributed by atoms with van der Waals surface area (Å²) in [4.78, 5) is 25.7. The van der Waals surface area contributed by atoms with Crippen LogP contribution in [0.2, 0.25) is 0 Å². The molecule has 0 aliphatic rings. The van der Waals surface area contributed by atoms with Crippen molar-refractivity contribution in [2.75, 3.05) is 31.0 Å². The minimum absolute atomic E-state index is 0.0996. The zero-order chi connectivity index (χ0) is 22.0. The number of methoxy groups -OCH3 is 1. The number of benzene rings is 2. The predicted octanol–water partition coefficient (Wildman–Crippen LogP) is 3.35. The molecular formula is C23H24N6O2. The van der Waals surface area contributed by atoms with Crippen molar-refractivity contribution in [3.05, 3.63) is 77.9 Å². The van der Waals surface area contributed by atoms with E-state index in [1.54, 1.807) is 22.7 Å². The van der Waals surface area contributed by atoms with Gasteiger partial charge in [-0.25, -0.2) is 9.50 Å². The van der Waals surface area contributed by atoms with Crippen LogP contribution >= 0.6 is 0 Å². The third-order valence-corrected chi connectivity index (χ3v) is 5.04. The standard InChI is InChI=1S/C23H24N6O2/c1-16-13-14-24-23-25-21(26-29(16)23)22(30)28(19-9-11-20(31-4)12-10-19)15-17-5-7-18(8-6-17)27(2)3/h5-14H,15H2,1-4H3. The summed E-state index contributed by atoms with van der Waals surface area (Å²) in [6, 6.07) is 17.3. The molecule has 2 aromatic heterocycles. The predicted molar refractivity (Wildman–Crippen MR) is 120 cm³/mol. The van der Waals surface area contributed by atoms with Gasteiger partial charge < -0.3 is 14.5 Å². The Kier molecular flexibility index (Phi) is 5.53. The molecule has 0 atom stereocenters. The molecule has 8 nitrogen and oxygen atoms in total. The molecule has 0 saturated heterocycles. The van der Waals surface area contributed by atoms with E-state index in [-0.39, 0.29) is 11.7 Å². The van der Waals surface area contributed by atoms with E-state index in [2.05, 4.69) is 15.1 Å². The second kappa shape index (κ2) is 8.43. The number of aryl methyl sites for hydroxylation is 1. The number of ether oxygens (including phenoxy) is 1. The summed E-state index contributed by atoms with van der Waals surface area (Å²) in [6.07, 6.45) is 1.65. The molecule has 0 radical (unpaired) electrons. The lowest BCUT2D eigenvalue weighted by molar-refractivity contribution is 0.0975. The Morgan fingerprint density at radius 1 is 1.00 bits per heavy atom. The second-order valence-electron chi connectivity index (χ2n) is 7.38. The lowest BCUT2D eigenvalue weighted by Crippen LogP contribution is -2.31. The lowest BCUT2D eigenvalue weighted by Gasteiger charge is -2.22. The number of nitrogens with zero attached hydrogens (tertiary/aromatic N) is 6. The topological polar surface area (TPSA) is 75.9 Å². The summed E-state index contributed by atoms with van der Waals surface area (Å²) in [7, 11) is 5.60. The summed E-state index contributed by atoms with van der Waals surface area (Å²) < 4.78 is 6.83. The average molecular weight is 416 g/mol. The van der Waals surface area contributed by atoms with Gasteiger partial charge in [-0.15, -0.1) is 5.10 Å². The number of carbonyl (C=O) groups excluding carboxylic acids is 1. The van der Waals surface area contributed by atoms with Crippen LogP contribution in [-0.4, -0.2) is 46.7 Å². The van der Waals surface area contributed by atoms with E-state index < -0.39 is 0 Å². The molecular weight excluding hydrogens is 392 g/mol. The molecule has 0 fully saturated rings. The van der Waals surface area contributed by atoms with Crippen LogP contribution in [0.1, 0.15) is 21.9 Å². The average Bonchev–Trinajstić information content (AvgIpc) is 3.23. The van der Waals surface area contributed by atoms with Gasteiger partial charge in [-0.05, 0) is 55.0 Å². The van der Waals surface area contributed by atoms with Gasteiger partial charge in [-0.3, -0.25) is 4.79 Å². The lowest BCUT2D eigenvalue weighted by atomic mass is 10.1. The maximum Gasteiger partial charge on any atom is 0.298 e. The van der Waals surface area contributed by atoms with Gasteiger partial charge in [0.2, 0.25) is 5.82 Å². The zero-order valence-electron chi connectivity index (χ0n) is 18.0. The van der Waals surface area contributed by atoms with Gasteiger partial charge in [-0.2, -0.15) is 4.98 Å². The molecule has 31 heavy (non-hydrogen) atoms. The van der Waals surface area contributed by atoms with E-state index in [0.29, 0.717) is 12.3 Å². The minimum atomic E-state index is -0.299. The Hall–Kier alpha value is -3.94.